The van der Waals surface area contributed by atoms with Gasteiger partial charge in [0.15, 0.2) is 0 Å². The minimum atomic E-state index is 0.591. The summed E-state index contributed by atoms with van der Waals surface area (Å²) >= 11 is 9.82. The maximum atomic E-state index is 6.30. The second kappa shape index (κ2) is 6.78. The highest BCUT2D eigenvalue weighted by atomic mass is 79.9. The number of anilines is 1. The number of rotatable bonds is 4. The summed E-state index contributed by atoms with van der Waals surface area (Å²) in [6.45, 7) is 5.46. The first-order chi connectivity index (χ1) is 8.70. The summed E-state index contributed by atoms with van der Waals surface area (Å²) in [5.41, 5.74) is 1.15. The van der Waals surface area contributed by atoms with Gasteiger partial charge in [-0.05, 0) is 44.0 Å². The summed E-state index contributed by atoms with van der Waals surface area (Å²) in [6, 6.07) is 6.66. The maximum absolute atomic E-state index is 6.30. The van der Waals surface area contributed by atoms with E-state index in [-0.39, 0.29) is 0 Å². The highest BCUT2D eigenvalue weighted by Gasteiger charge is 2.21. The van der Waals surface area contributed by atoms with Gasteiger partial charge in [-0.2, -0.15) is 0 Å². The lowest BCUT2D eigenvalue weighted by molar-refractivity contribution is 0.423. The first-order valence-electron chi connectivity index (χ1n) is 6.64. The Hall–Kier alpha value is -0.250. The molecule has 0 saturated carbocycles. The maximum Gasteiger partial charge on any atom is 0.0640 e. The van der Waals surface area contributed by atoms with Gasteiger partial charge in [0.25, 0.3) is 0 Å². The second-order valence-corrected chi connectivity index (χ2v) is 6.16. The number of benzene rings is 1. The molecule has 0 bridgehead atoms. The van der Waals surface area contributed by atoms with E-state index in [1.54, 1.807) is 0 Å². The Balaban J connectivity index is 2.05. The van der Waals surface area contributed by atoms with Gasteiger partial charge in [0.2, 0.25) is 0 Å². The summed E-state index contributed by atoms with van der Waals surface area (Å²) in [4.78, 5) is 2.39. The van der Waals surface area contributed by atoms with Crippen LogP contribution in [-0.2, 0) is 0 Å². The van der Waals surface area contributed by atoms with Crippen molar-refractivity contribution < 1.29 is 0 Å². The highest BCUT2D eigenvalue weighted by molar-refractivity contribution is 9.10. The van der Waals surface area contributed by atoms with E-state index in [0.717, 1.165) is 34.8 Å². The molecule has 1 aromatic rings. The number of hydrogen-bond donors (Lipinski definition) is 1. The van der Waals surface area contributed by atoms with Crippen LogP contribution in [0.15, 0.2) is 22.7 Å². The molecule has 1 saturated heterocycles. The molecule has 1 heterocycles. The van der Waals surface area contributed by atoms with E-state index in [0.29, 0.717) is 6.04 Å². The fraction of sp³-hybridized carbons (Fsp3) is 0.571. The highest BCUT2D eigenvalue weighted by Crippen LogP contribution is 2.31. The molecule has 100 valence electrons. The molecule has 2 nitrogen and oxygen atoms in total. The van der Waals surface area contributed by atoms with Crippen molar-refractivity contribution in [3.63, 3.8) is 0 Å². The van der Waals surface area contributed by atoms with Crippen molar-refractivity contribution in [2.45, 2.75) is 32.2 Å². The summed E-state index contributed by atoms with van der Waals surface area (Å²) in [5.74, 6) is 0. The molecule has 2 rings (SSSR count). The Bertz CT molecular complexity index is 397. The molecule has 1 aromatic carbocycles. The third-order valence-electron chi connectivity index (χ3n) is 3.35. The van der Waals surface area contributed by atoms with Gasteiger partial charge in [-0.25, -0.2) is 0 Å². The van der Waals surface area contributed by atoms with Crippen molar-refractivity contribution in [3.8, 4) is 0 Å². The number of hydrogen-bond acceptors (Lipinski definition) is 2. The average molecular weight is 332 g/mol. The summed E-state index contributed by atoms with van der Waals surface area (Å²) in [6.07, 6.45) is 3.68. The topological polar surface area (TPSA) is 15.3 Å². The number of piperidine rings is 1. The van der Waals surface area contributed by atoms with Gasteiger partial charge in [-0.15, -0.1) is 0 Å². The zero-order valence-electron chi connectivity index (χ0n) is 10.8. The zero-order chi connectivity index (χ0) is 13.0. The van der Waals surface area contributed by atoms with Gasteiger partial charge in [-0.3, -0.25) is 0 Å². The van der Waals surface area contributed by atoms with E-state index in [1.165, 1.54) is 19.3 Å². The minimum absolute atomic E-state index is 0.591. The van der Waals surface area contributed by atoms with Crippen LogP contribution < -0.4 is 10.2 Å². The average Bonchev–Trinajstić information content (AvgIpc) is 2.39. The molecule has 0 radical (unpaired) electrons. The Morgan fingerprint density at radius 2 is 2.33 bits per heavy atom. The third-order valence-corrected chi connectivity index (χ3v) is 4.17. The molecule has 1 unspecified atom stereocenters. The molecule has 1 fully saturated rings. The van der Waals surface area contributed by atoms with Gasteiger partial charge in [-0.1, -0.05) is 34.5 Å². The fourth-order valence-corrected chi connectivity index (χ4v) is 3.03. The predicted octanol–water partition coefficient (Wildman–Crippen LogP) is 4.07. The van der Waals surface area contributed by atoms with Crippen LogP contribution in [0.4, 0.5) is 5.69 Å². The van der Waals surface area contributed by atoms with Gasteiger partial charge >= 0.3 is 0 Å². The lowest BCUT2D eigenvalue weighted by atomic mass is 10.0. The molecule has 1 N–H and O–H groups in total. The van der Waals surface area contributed by atoms with E-state index in [1.807, 2.05) is 12.1 Å². The normalized spacial score (nSPS) is 20.2. The molecule has 0 aliphatic carbocycles. The fourth-order valence-electron chi connectivity index (χ4n) is 2.44. The molecule has 0 aromatic heterocycles. The van der Waals surface area contributed by atoms with Gasteiger partial charge in [0, 0.05) is 23.6 Å². The summed E-state index contributed by atoms with van der Waals surface area (Å²) < 4.78 is 1.09. The van der Waals surface area contributed by atoms with Crippen LogP contribution in [0.5, 0.6) is 0 Å². The van der Waals surface area contributed by atoms with Crippen molar-refractivity contribution in [1.29, 1.82) is 0 Å². The Labute approximate surface area is 123 Å². The lowest BCUT2D eigenvalue weighted by Crippen LogP contribution is -2.46. The van der Waals surface area contributed by atoms with E-state index < -0.39 is 0 Å². The van der Waals surface area contributed by atoms with Crippen LogP contribution in [0.2, 0.25) is 5.02 Å². The molecular formula is C14H20BrClN2. The molecule has 1 aliphatic heterocycles. The van der Waals surface area contributed by atoms with E-state index >= 15 is 0 Å². The van der Waals surface area contributed by atoms with Crippen LogP contribution in [0.1, 0.15) is 26.2 Å². The minimum Gasteiger partial charge on any atom is -0.369 e. The van der Waals surface area contributed by atoms with Gasteiger partial charge in [0.1, 0.15) is 0 Å². The van der Waals surface area contributed by atoms with Gasteiger partial charge in [0.05, 0.1) is 10.7 Å². The molecule has 0 spiro atoms. The second-order valence-electron chi connectivity index (χ2n) is 4.84. The van der Waals surface area contributed by atoms with Crippen molar-refractivity contribution >= 4 is 33.2 Å². The van der Waals surface area contributed by atoms with Crippen LogP contribution in [0.3, 0.4) is 0 Å². The predicted molar refractivity (Wildman–Crippen MR) is 82.7 cm³/mol. The van der Waals surface area contributed by atoms with Crippen molar-refractivity contribution in [3.05, 3.63) is 27.7 Å². The summed E-state index contributed by atoms with van der Waals surface area (Å²) in [5, 5.41) is 4.45. The Kier molecular flexibility index (Phi) is 5.34. The zero-order valence-corrected chi connectivity index (χ0v) is 13.1. The third kappa shape index (κ3) is 3.62. The van der Waals surface area contributed by atoms with Crippen LogP contribution in [0.25, 0.3) is 0 Å². The Morgan fingerprint density at radius 3 is 3.11 bits per heavy atom. The van der Waals surface area contributed by atoms with E-state index in [4.69, 9.17) is 11.6 Å². The van der Waals surface area contributed by atoms with Gasteiger partial charge < -0.3 is 10.2 Å². The van der Waals surface area contributed by atoms with Crippen molar-refractivity contribution in [1.82, 2.24) is 5.32 Å². The molecule has 1 atom stereocenters. The quantitative estimate of drug-likeness (QED) is 0.894. The van der Waals surface area contributed by atoms with Crippen LogP contribution >= 0.6 is 27.5 Å². The molecule has 18 heavy (non-hydrogen) atoms. The standard InChI is InChI=1S/C14H20BrClN2/c1-2-7-17-12-4-3-8-18(10-12)14-9-11(15)5-6-13(14)16/h5-6,9,12,17H,2-4,7-8,10H2,1H3. The van der Waals surface area contributed by atoms with E-state index in [2.05, 4.69) is 39.1 Å². The van der Waals surface area contributed by atoms with Crippen LogP contribution in [0, 0.1) is 0 Å². The lowest BCUT2D eigenvalue weighted by Gasteiger charge is -2.35. The van der Waals surface area contributed by atoms with Crippen molar-refractivity contribution in [2.75, 3.05) is 24.5 Å². The molecule has 1 aliphatic rings. The number of halogens is 2. The van der Waals surface area contributed by atoms with E-state index in [9.17, 15) is 0 Å². The summed E-state index contributed by atoms with van der Waals surface area (Å²) in [7, 11) is 0. The molecule has 0 amide bonds. The molecular weight excluding hydrogens is 312 g/mol. The smallest absolute Gasteiger partial charge is 0.0640 e. The SMILES string of the molecule is CCCNC1CCCN(c2cc(Br)ccc2Cl)C1. The monoisotopic (exact) mass is 330 g/mol. The Morgan fingerprint density at radius 1 is 1.50 bits per heavy atom. The molecule has 4 heteroatoms. The number of nitrogens with one attached hydrogen (secondary N) is 1. The van der Waals surface area contributed by atoms with Crippen molar-refractivity contribution in [2.24, 2.45) is 0 Å². The largest absolute Gasteiger partial charge is 0.369 e. The number of nitrogens with zero attached hydrogens (tertiary/aromatic N) is 1. The van der Waals surface area contributed by atoms with Crippen LogP contribution in [-0.4, -0.2) is 25.7 Å². The first kappa shape index (κ1) is 14.2. The first-order valence-corrected chi connectivity index (χ1v) is 7.81.